The van der Waals surface area contributed by atoms with Gasteiger partial charge in [-0.05, 0) is 19.1 Å². The zero-order chi connectivity index (χ0) is 11.3. The minimum atomic E-state index is -4.32. The van der Waals surface area contributed by atoms with Crippen molar-refractivity contribution >= 4 is 0 Å². The molecule has 1 rings (SSSR count). The Balaban J connectivity index is 2.34. The molecule has 1 N–H and O–H groups in total. The van der Waals surface area contributed by atoms with Crippen LogP contribution in [0.3, 0.4) is 0 Å². The molecule has 0 bridgehead atoms. The van der Waals surface area contributed by atoms with E-state index in [4.69, 9.17) is 0 Å². The molecule has 0 aromatic carbocycles. The van der Waals surface area contributed by atoms with Crippen molar-refractivity contribution in [3.05, 3.63) is 30.1 Å². The second kappa shape index (κ2) is 5.09. The van der Waals surface area contributed by atoms with Crippen LogP contribution in [0.2, 0.25) is 0 Å². The monoisotopic (exact) mass is 220 g/mol. The number of nitrogens with zero attached hydrogens (tertiary/aromatic N) is 1. The summed E-state index contributed by atoms with van der Waals surface area (Å²) in [7, 11) is 0. The van der Waals surface area contributed by atoms with Crippen molar-refractivity contribution in [2.75, 3.05) is 6.61 Å². The Labute approximate surface area is 85.2 Å². The molecule has 1 atom stereocenters. The predicted molar refractivity (Wildman–Crippen MR) is 47.8 cm³/mol. The molecule has 1 aromatic heterocycles. The average molecular weight is 220 g/mol. The van der Waals surface area contributed by atoms with Crippen LogP contribution in [-0.4, -0.2) is 17.8 Å². The van der Waals surface area contributed by atoms with Gasteiger partial charge in [0.1, 0.15) is 0 Å². The first kappa shape index (κ1) is 11.9. The van der Waals surface area contributed by atoms with Gasteiger partial charge >= 0.3 is 6.18 Å². The Morgan fingerprint density at radius 1 is 1.47 bits per heavy atom. The highest BCUT2D eigenvalue weighted by Gasteiger charge is 2.28. The van der Waals surface area contributed by atoms with Crippen LogP contribution in [0.15, 0.2) is 24.4 Å². The fraction of sp³-hybridized carbons (Fsp3) is 0.444. The van der Waals surface area contributed by atoms with Crippen LogP contribution in [0.25, 0.3) is 0 Å². The van der Waals surface area contributed by atoms with Gasteiger partial charge in [-0.25, -0.2) is 0 Å². The largest absolute Gasteiger partial charge is 0.413 e. The van der Waals surface area contributed by atoms with Crippen LogP contribution >= 0.6 is 0 Å². The molecule has 15 heavy (non-hydrogen) atoms. The lowest BCUT2D eigenvalue weighted by molar-refractivity contribution is -0.192. The maximum atomic E-state index is 11.7. The van der Waals surface area contributed by atoms with Gasteiger partial charge < -0.3 is 0 Å². The molecule has 0 aliphatic rings. The summed E-state index contributed by atoms with van der Waals surface area (Å²) in [5.74, 6) is 0. The van der Waals surface area contributed by atoms with Gasteiger partial charge in [-0.15, -0.1) is 0 Å². The topological polar surface area (TPSA) is 34.1 Å². The molecule has 1 heterocycles. The fourth-order valence-electron chi connectivity index (χ4n) is 0.941. The first-order valence-corrected chi connectivity index (χ1v) is 4.34. The third-order valence-electron chi connectivity index (χ3n) is 1.63. The number of hydroxylamine groups is 1. The van der Waals surface area contributed by atoms with Crippen molar-refractivity contribution in [3.8, 4) is 0 Å². The molecule has 1 unspecified atom stereocenters. The zero-order valence-corrected chi connectivity index (χ0v) is 8.08. The van der Waals surface area contributed by atoms with Crippen molar-refractivity contribution in [1.82, 2.24) is 10.5 Å². The summed E-state index contributed by atoms with van der Waals surface area (Å²) in [4.78, 5) is 8.27. The number of rotatable bonds is 4. The minimum Gasteiger partial charge on any atom is -0.292 e. The van der Waals surface area contributed by atoms with Crippen LogP contribution in [0, 0.1) is 0 Å². The van der Waals surface area contributed by atoms with Gasteiger partial charge in [0.15, 0.2) is 6.61 Å². The van der Waals surface area contributed by atoms with Crippen LogP contribution in [-0.2, 0) is 4.84 Å². The second-order valence-electron chi connectivity index (χ2n) is 3.00. The summed E-state index contributed by atoms with van der Waals surface area (Å²) in [6.45, 7) is 0.350. The van der Waals surface area contributed by atoms with E-state index in [0.29, 0.717) is 5.69 Å². The van der Waals surface area contributed by atoms with E-state index in [1.165, 1.54) is 0 Å². The number of pyridine rings is 1. The van der Waals surface area contributed by atoms with Crippen LogP contribution in [0.5, 0.6) is 0 Å². The van der Waals surface area contributed by atoms with E-state index in [2.05, 4.69) is 15.3 Å². The normalized spacial score (nSPS) is 13.9. The van der Waals surface area contributed by atoms with Gasteiger partial charge in [0, 0.05) is 6.20 Å². The molecule has 0 saturated carbocycles. The second-order valence-corrected chi connectivity index (χ2v) is 3.00. The van der Waals surface area contributed by atoms with E-state index in [9.17, 15) is 13.2 Å². The molecule has 0 saturated heterocycles. The lowest BCUT2D eigenvalue weighted by Gasteiger charge is -2.13. The highest BCUT2D eigenvalue weighted by atomic mass is 19.4. The smallest absolute Gasteiger partial charge is 0.292 e. The lowest BCUT2D eigenvalue weighted by atomic mass is 10.2. The average Bonchev–Trinajstić information content (AvgIpc) is 2.17. The van der Waals surface area contributed by atoms with E-state index >= 15 is 0 Å². The number of hydrogen-bond acceptors (Lipinski definition) is 3. The van der Waals surface area contributed by atoms with Gasteiger partial charge in [0.2, 0.25) is 0 Å². The maximum Gasteiger partial charge on any atom is 0.413 e. The van der Waals surface area contributed by atoms with Crippen molar-refractivity contribution in [1.29, 1.82) is 0 Å². The molecule has 6 heteroatoms. The molecule has 0 radical (unpaired) electrons. The number of hydrogen-bond donors (Lipinski definition) is 1. The first-order chi connectivity index (χ1) is 6.99. The molecule has 0 aliphatic heterocycles. The van der Waals surface area contributed by atoms with Gasteiger partial charge in [0.05, 0.1) is 11.7 Å². The SMILES string of the molecule is CC(NOCC(F)(F)F)c1ccccn1. The molecule has 3 nitrogen and oxygen atoms in total. The summed E-state index contributed by atoms with van der Waals surface area (Å²) in [5.41, 5.74) is 2.90. The standard InChI is InChI=1S/C9H11F3N2O/c1-7(8-4-2-3-5-13-8)14-15-6-9(10,11)12/h2-5,7,14H,6H2,1H3. The van der Waals surface area contributed by atoms with Gasteiger partial charge in [-0.3, -0.25) is 9.82 Å². The number of aromatic nitrogens is 1. The van der Waals surface area contributed by atoms with Crippen molar-refractivity contribution in [2.45, 2.75) is 19.1 Å². The van der Waals surface area contributed by atoms with E-state index in [-0.39, 0.29) is 6.04 Å². The number of alkyl halides is 3. The zero-order valence-electron chi connectivity index (χ0n) is 8.08. The van der Waals surface area contributed by atoms with E-state index in [1.807, 2.05) is 0 Å². The van der Waals surface area contributed by atoms with E-state index < -0.39 is 12.8 Å². The summed E-state index contributed by atoms with van der Waals surface area (Å²) < 4.78 is 35.2. The molecule has 84 valence electrons. The van der Waals surface area contributed by atoms with Crippen molar-refractivity contribution < 1.29 is 18.0 Å². The van der Waals surface area contributed by atoms with Crippen LogP contribution < -0.4 is 5.48 Å². The molecule has 0 amide bonds. The molecule has 0 fully saturated rings. The number of nitrogens with one attached hydrogen (secondary N) is 1. The molecule has 0 spiro atoms. The molecule has 0 aliphatic carbocycles. The summed E-state index contributed by atoms with van der Waals surface area (Å²) in [6, 6.07) is 4.81. The number of halogens is 3. The summed E-state index contributed by atoms with van der Waals surface area (Å²) in [6.07, 6.45) is -2.76. The molecular weight excluding hydrogens is 209 g/mol. The summed E-state index contributed by atoms with van der Waals surface area (Å²) in [5, 5.41) is 0. The minimum absolute atomic E-state index is 0.381. The Morgan fingerprint density at radius 3 is 2.73 bits per heavy atom. The van der Waals surface area contributed by atoms with Gasteiger partial charge in [-0.2, -0.15) is 18.7 Å². The van der Waals surface area contributed by atoms with Crippen LogP contribution in [0.4, 0.5) is 13.2 Å². The highest BCUT2D eigenvalue weighted by Crippen LogP contribution is 2.15. The Kier molecular flexibility index (Phi) is 4.05. The Hall–Kier alpha value is -1.14. The first-order valence-electron chi connectivity index (χ1n) is 4.34. The third-order valence-corrected chi connectivity index (χ3v) is 1.63. The van der Waals surface area contributed by atoms with Gasteiger partial charge in [-0.1, -0.05) is 6.07 Å². The highest BCUT2D eigenvalue weighted by molar-refractivity contribution is 5.06. The van der Waals surface area contributed by atoms with E-state index in [0.717, 1.165) is 0 Å². The predicted octanol–water partition coefficient (Wildman–Crippen LogP) is 2.23. The van der Waals surface area contributed by atoms with Crippen molar-refractivity contribution in [3.63, 3.8) is 0 Å². The Morgan fingerprint density at radius 2 is 2.20 bits per heavy atom. The van der Waals surface area contributed by atoms with Crippen LogP contribution in [0.1, 0.15) is 18.7 Å². The quantitative estimate of drug-likeness (QED) is 0.790. The van der Waals surface area contributed by atoms with Gasteiger partial charge in [0.25, 0.3) is 0 Å². The lowest BCUT2D eigenvalue weighted by Crippen LogP contribution is -2.27. The summed E-state index contributed by atoms with van der Waals surface area (Å²) >= 11 is 0. The Bertz CT molecular complexity index is 289. The third kappa shape index (κ3) is 4.75. The fourth-order valence-corrected chi connectivity index (χ4v) is 0.941. The molecular formula is C9H11F3N2O. The van der Waals surface area contributed by atoms with Crippen molar-refractivity contribution in [2.24, 2.45) is 0 Å². The molecule has 1 aromatic rings. The maximum absolute atomic E-state index is 11.7. The van der Waals surface area contributed by atoms with E-state index in [1.54, 1.807) is 31.3 Å².